The minimum absolute atomic E-state index is 0.226. The fourth-order valence-corrected chi connectivity index (χ4v) is 2.54. The highest BCUT2D eigenvalue weighted by atomic mass is 19.1. The number of carbonyl (C=O) groups excluding carboxylic acids is 1. The van der Waals surface area contributed by atoms with E-state index in [2.05, 4.69) is 4.98 Å². The lowest BCUT2D eigenvalue weighted by molar-refractivity contribution is 0.103. The molecule has 0 amide bonds. The summed E-state index contributed by atoms with van der Waals surface area (Å²) in [4.78, 5) is 15.9. The van der Waals surface area contributed by atoms with Gasteiger partial charge in [0.2, 0.25) is 0 Å². The highest BCUT2D eigenvalue weighted by Crippen LogP contribution is 2.26. The Bertz CT molecular complexity index is 841. The Morgan fingerprint density at radius 3 is 2.62 bits per heavy atom. The van der Waals surface area contributed by atoms with Crippen molar-refractivity contribution >= 4 is 22.4 Å². The van der Waals surface area contributed by atoms with E-state index in [-0.39, 0.29) is 17.0 Å². The van der Waals surface area contributed by atoms with E-state index in [1.165, 1.54) is 12.1 Å². The molecule has 106 valence electrons. The summed E-state index contributed by atoms with van der Waals surface area (Å²) in [6.07, 6.45) is 0. The lowest BCUT2D eigenvalue weighted by Gasteiger charge is -2.06. The third-order valence-electron chi connectivity index (χ3n) is 3.77. The van der Waals surface area contributed by atoms with Crippen molar-refractivity contribution in [3.8, 4) is 0 Å². The first-order chi connectivity index (χ1) is 9.99. The van der Waals surface area contributed by atoms with Crippen LogP contribution in [0.2, 0.25) is 0 Å². The van der Waals surface area contributed by atoms with Gasteiger partial charge in [0.1, 0.15) is 5.82 Å². The Morgan fingerprint density at radius 2 is 1.90 bits per heavy atom. The van der Waals surface area contributed by atoms with Crippen LogP contribution in [0.3, 0.4) is 0 Å². The number of aromatic amines is 1. The summed E-state index contributed by atoms with van der Waals surface area (Å²) in [5, 5.41) is 0.833. The zero-order valence-corrected chi connectivity index (χ0v) is 11.8. The molecule has 0 aliphatic heterocycles. The Morgan fingerprint density at radius 1 is 1.19 bits per heavy atom. The molecule has 0 bridgehead atoms. The molecule has 0 radical (unpaired) electrons. The fraction of sp³-hybridized carbons (Fsp3) is 0.118. The lowest BCUT2D eigenvalue weighted by Crippen LogP contribution is -2.05. The molecule has 21 heavy (non-hydrogen) atoms. The molecular weight excluding hydrogens is 267 g/mol. The summed E-state index contributed by atoms with van der Waals surface area (Å²) in [6, 6.07) is 10.3. The molecule has 0 unspecified atom stereocenters. The zero-order valence-electron chi connectivity index (χ0n) is 11.8. The van der Waals surface area contributed by atoms with E-state index in [0.29, 0.717) is 11.1 Å². The van der Waals surface area contributed by atoms with Crippen molar-refractivity contribution in [1.82, 2.24) is 4.98 Å². The molecule has 0 saturated carbocycles. The first-order valence-electron chi connectivity index (χ1n) is 6.66. The van der Waals surface area contributed by atoms with Gasteiger partial charge in [0.05, 0.1) is 5.56 Å². The number of benzene rings is 2. The number of carbonyl (C=O) groups is 1. The molecule has 0 saturated heterocycles. The highest BCUT2D eigenvalue weighted by Gasteiger charge is 2.19. The zero-order chi connectivity index (χ0) is 15.1. The van der Waals surface area contributed by atoms with Gasteiger partial charge in [0.25, 0.3) is 0 Å². The van der Waals surface area contributed by atoms with Crippen LogP contribution in [-0.4, -0.2) is 10.8 Å². The summed E-state index contributed by atoms with van der Waals surface area (Å²) in [5.41, 5.74) is 8.90. The number of para-hydroxylation sites is 1. The second kappa shape index (κ2) is 4.74. The van der Waals surface area contributed by atoms with Crippen molar-refractivity contribution in [3.63, 3.8) is 0 Å². The van der Waals surface area contributed by atoms with Crippen molar-refractivity contribution in [1.29, 1.82) is 0 Å². The molecule has 4 heteroatoms. The van der Waals surface area contributed by atoms with Crippen LogP contribution in [0, 0.1) is 19.7 Å². The maximum atomic E-state index is 13.8. The van der Waals surface area contributed by atoms with Crippen LogP contribution in [0.5, 0.6) is 0 Å². The molecule has 0 spiro atoms. The molecule has 1 heterocycles. The predicted octanol–water partition coefficient (Wildman–Crippen LogP) is 3.74. The number of hydrogen-bond acceptors (Lipinski definition) is 2. The summed E-state index contributed by atoms with van der Waals surface area (Å²) >= 11 is 0. The topological polar surface area (TPSA) is 58.9 Å². The summed E-state index contributed by atoms with van der Waals surface area (Å²) in [5.74, 6) is -0.689. The van der Waals surface area contributed by atoms with Gasteiger partial charge in [0, 0.05) is 33.4 Å². The van der Waals surface area contributed by atoms with Gasteiger partial charge in [0.15, 0.2) is 5.78 Å². The molecule has 1 aromatic heterocycles. The average molecular weight is 282 g/mol. The quantitative estimate of drug-likeness (QED) is 0.555. The molecule has 0 atom stereocenters. The number of rotatable bonds is 2. The monoisotopic (exact) mass is 282 g/mol. The molecule has 2 aromatic carbocycles. The van der Waals surface area contributed by atoms with Gasteiger partial charge < -0.3 is 10.7 Å². The van der Waals surface area contributed by atoms with Crippen molar-refractivity contribution in [2.24, 2.45) is 0 Å². The smallest absolute Gasteiger partial charge is 0.195 e. The average Bonchev–Trinajstić information content (AvgIpc) is 2.79. The standard InChI is InChI=1S/C17H15FN2O/c1-9-13(18)7-11(8-14(9)19)17(21)16-10(2)20-15-6-4-3-5-12(15)16/h3-8,20H,19H2,1-2H3. The number of fused-ring (bicyclic) bond motifs is 1. The van der Waals surface area contributed by atoms with E-state index in [0.717, 1.165) is 16.6 Å². The van der Waals surface area contributed by atoms with Crippen LogP contribution in [-0.2, 0) is 0 Å². The molecular formula is C17H15FN2O. The second-order valence-corrected chi connectivity index (χ2v) is 5.17. The minimum atomic E-state index is -0.462. The number of ketones is 1. The largest absolute Gasteiger partial charge is 0.398 e. The van der Waals surface area contributed by atoms with Gasteiger partial charge in [-0.25, -0.2) is 4.39 Å². The van der Waals surface area contributed by atoms with Gasteiger partial charge in [-0.1, -0.05) is 18.2 Å². The van der Waals surface area contributed by atoms with E-state index in [1.54, 1.807) is 6.92 Å². The van der Waals surface area contributed by atoms with Crippen LogP contribution in [0.25, 0.3) is 10.9 Å². The lowest BCUT2D eigenvalue weighted by atomic mass is 9.98. The van der Waals surface area contributed by atoms with Crippen LogP contribution in [0.1, 0.15) is 27.2 Å². The van der Waals surface area contributed by atoms with E-state index in [4.69, 9.17) is 5.73 Å². The van der Waals surface area contributed by atoms with Crippen molar-refractivity contribution in [3.05, 3.63) is 64.6 Å². The number of nitrogen functional groups attached to an aromatic ring is 1. The molecule has 3 rings (SSSR count). The highest BCUT2D eigenvalue weighted by molar-refractivity contribution is 6.17. The van der Waals surface area contributed by atoms with Crippen molar-refractivity contribution < 1.29 is 9.18 Å². The van der Waals surface area contributed by atoms with Gasteiger partial charge in [-0.15, -0.1) is 0 Å². The van der Waals surface area contributed by atoms with Crippen molar-refractivity contribution in [2.45, 2.75) is 13.8 Å². The Hall–Kier alpha value is -2.62. The van der Waals surface area contributed by atoms with Crippen LogP contribution >= 0.6 is 0 Å². The summed E-state index contributed by atoms with van der Waals surface area (Å²) < 4.78 is 13.8. The molecule has 0 aliphatic carbocycles. The number of halogens is 1. The number of nitrogens with one attached hydrogen (secondary N) is 1. The van der Waals surface area contributed by atoms with Crippen LogP contribution in [0.15, 0.2) is 36.4 Å². The van der Waals surface area contributed by atoms with E-state index >= 15 is 0 Å². The van der Waals surface area contributed by atoms with Gasteiger partial charge in [-0.2, -0.15) is 0 Å². The summed E-state index contributed by atoms with van der Waals surface area (Å²) in [7, 11) is 0. The minimum Gasteiger partial charge on any atom is -0.398 e. The Kier molecular flexibility index (Phi) is 3.01. The van der Waals surface area contributed by atoms with Gasteiger partial charge >= 0.3 is 0 Å². The predicted molar refractivity (Wildman–Crippen MR) is 82.0 cm³/mol. The van der Waals surface area contributed by atoms with Crippen LogP contribution in [0.4, 0.5) is 10.1 Å². The molecule has 0 aliphatic rings. The number of hydrogen-bond donors (Lipinski definition) is 2. The summed E-state index contributed by atoms with van der Waals surface area (Å²) in [6.45, 7) is 3.43. The van der Waals surface area contributed by atoms with Gasteiger partial charge in [-0.3, -0.25) is 4.79 Å². The first-order valence-corrected chi connectivity index (χ1v) is 6.66. The maximum absolute atomic E-state index is 13.8. The first kappa shape index (κ1) is 13.4. The van der Waals surface area contributed by atoms with E-state index in [1.807, 2.05) is 31.2 Å². The third-order valence-corrected chi connectivity index (χ3v) is 3.77. The second-order valence-electron chi connectivity index (χ2n) is 5.17. The number of aryl methyl sites for hydroxylation is 1. The normalized spacial score (nSPS) is 11.0. The fourth-order valence-electron chi connectivity index (χ4n) is 2.54. The number of H-pyrrole nitrogens is 1. The molecule has 3 aromatic rings. The number of nitrogens with two attached hydrogens (primary N) is 1. The third kappa shape index (κ3) is 2.09. The Labute approximate surface area is 121 Å². The van der Waals surface area contributed by atoms with E-state index in [9.17, 15) is 9.18 Å². The van der Waals surface area contributed by atoms with Gasteiger partial charge in [-0.05, 0) is 32.0 Å². The number of aromatic nitrogens is 1. The maximum Gasteiger partial charge on any atom is 0.195 e. The van der Waals surface area contributed by atoms with Crippen LogP contribution < -0.4 is 5.73 Å². The molecule has 3 nitrogen and oxygen atoms in total. The Balaban J connectivity index is 2.19. The molecule has 3 N–H and O–H groups in total. The van der Waals surface area contributed by atoms with E-state index < -0.39 is 5.82 Å². The molecule has 0 fully saturated rings. The SMILES string of the molecule is Cc1[nH]c2ccccc2c1C(=O)c1cc(N)c(C)c(F)c1. The number of anilines is 1. The van der Waals surface area contributed by atoms with Crippen molar-refractivity contribution in [2.75, 3.05) is 5.73 Å².